The number of hydrogen-bond donors (Lipinski definition) is 1. The van der Waals surface area contributed by atoms with Crippen LogP contribution in [0.5, 0.6) is 0 Å². The lowest BCUT2D eigenvalue weighted by molar-refractivity contribution is 0.889. The van der Waals surface area contributed by atoms with Gasteiger partial charge in [-0.1, -0.05) is 13.3 Å². The third kappa shape index (κ3) is 5.47. The molecular weight excluding hydrogens is 88.1 g/mol. The summed E-state index contributed by atoms with van der Waals surface area (Å²) in [5.74, 6) is 0. The molecular formula is C5H12N2. The Morgan fingerprint density at radius 2 is 2.43 bits per heavy atom. The second kappa shape index (κ2) is 5.47. The number of nitrogens with one attached hydrogen (secondary N) is 1. The highest BCUT2D eigenvalue weighted by molar-refractivity contribution is 5.56. The van der Waals surface area contributed by atoms with E-state index in [0.29, 0.717) is 0 Å². The molecule has 0 aliphatic carbocycles. The van der Waals surface area contributed by atoms with Crippen molar-refractivity contribution >= 4 is 6.21 Å². The molecule has 0 saturated carbocycles. The Hall–Kier alpha value is -0.530. The highest BCUT2D eigenvalue weighted by atomic mass is 15.3. The summed E-state index contributed by atoms with van der Waals surface area (Å²) in [6, 6.07) is 0. The highest BCUT2D eigenvalue weighted by Crippen LogP contribution is 1.77. The van der Waals surface area contributed by atoms with Gasteiger partial charge in [-0.05, 0) is 6.42 Å². The quantitative estimate of drug-likeness (QED) is 0.415. The van der Waals surface area contributed by atoms with E-state index >= 15 is 0 Å². The molecule has 2 heteroatoms. The van der Waals surface area contributed by atoms with Gasteiger partial charge in [0, 0.05) is 13.3 Å². The SMILES string of the molecule is CCC/C=N/NC. The van der Waals surface area contributed by atoms with Crippen LogP contribution in [0.2, 0.25) is 0 Å². The zero-order valence-corrected chi connectivity index (χ0v) is 4.94. The minimum absolute atomic E-state index is 1.07. The Bertz CT molecular complexity index is 50.0. The van der Waals surface area contributed by atoms with Crippen LogP contribution < -0.4 is 5.43 Å². The van der Waals surface area contributed by atoms with Gasteiger partial charge < -0.3 is 5.43 Å². The predicted octanol–water partition coefficient (Wildman–Crippen LogP) is 0.992. The van der Waals surface area contributed by atoms with Gasteiger partial charge in [0.1, 0.15) is 0 Å². The van der Waals surface area contributed by atoms with Gasteiger partial charge in [-0.25, -0.2) is 0 Å². The number of unbranched alkanes of at least 4 members (excludes halogenated alkanes) is 1. The molecule has 0 bridgehead atoms. The Kier molecular flexibility index (Phi) is 5.06. The van der Waals surface area contributed by atoms with E-state index in [9.17, 15) is 0 Å². The van der Waals surface area contributed by atoms with Crippen LogP contribution in [-0.4, -0.2) is 13.3 Å². The summed E-state index contributed by atoms with van der Waals surface area (Å²) in [4.78, 5) is 0. The lowest BCUT2D eigenvalue weighted by Crippen LogP contribution is -1.92. The largest absolute Gasteiger partial charge is 0.313 e. The fourth-order valence-corrected chi connectivity index (χ4v) is 0.285. The molecule has 0 atom stereocenters. The van der Waals surface area contributed by atoms with Gasteiger partial charge in [0.05, 0.1) is 0 Å². The molecule has 0 spiro atoms. The average Bonchev–Trinajstić information content (AvgIpc) is 1.69. The minimum atomic E-state index is 1.07. The summed E-state index contributed by atoms with van der Waals surface area (Å²) in [5.41, 5.74) is 2.67. The van der Waals surface area contributed by atoms with Crippen molar-refractivity contribution in [1.29, 1.82) is 0 Å². The van der Waals surface area contributed by atoms with Crippen molar-refractivity contribution < 1.29 is 0 Å². The molecule has 0 amide bonds. The minimum Gasteiger partial charge on any atom is -0.313 e. The van der Waals surface area contributed by atoms with Crippen LogP contribution in [0.3, 0.4) is 0 Å². The average molecular weight is 100 g/mol. The topological polar surface area (TPSA) is 24.4 Å². The van der Waals surface area contributed by atoms with E-state index in [2.05, 4.69) is 17.5 Å². The second-order valence-corrected chi connectivity index (χ2v) is 1.32. The van der Waals surface area contributed by atoms with Crippen molar-refractivity contribution in [2.24, 2.45) is 5.10 Å². The van der Waals surface area contributed by atoms with Crippen molar-refractivity contribution in [2.45, 2.75) is 19.8 Å². The van der Waals surface area contributed by atoms with E-state index in [1.807, 2.05) is 6.21 Å². The predicted molar refractivity (Wildman–Crippen MR) is 32.5 cm³/mol. The maximum atomic E-state index is 3.79. The van der Waals surface area contributed by atoms with Gasteiger partial charge in [0.15, 0.2) is 0 Å². The molecule has 0 rings (SSSR count). The van der Waals surface area contributed by atoms with Gasteiger partial charge in [0.25, 0.3) is 0 Å². The van der Waals surface area contributed by atoms with Crippen LogP contribution in [0.1, 0.15) is 19.8 Å². The second-order valence-electron chi connectivity index (χ2n) is 1.32. The Morgan fingerprint density at radius 3 is 2.86 bits per heavy atom. The first-order valence-corrected chi connectivity index (χ1v) is 2.60. The van der Waals surface area contributed by atoms with Crippen LogP contribution in [0.25, 0.3) is 0 Å². The molecule has 0 aromatic carbocycles. The zero-order valence-electron chi connectivity index (χ0n) is 4.94. The van der Waals surface area contributed by atoms with E-state index in [0.717, 1.165) is 6.42 Å². The fourth-order valence-electron chi connectivity index (χ4n) is 0.285. The summed E-state index contributed by atoms with van der Waals surface area (Å²) in [6.07, 6.45) is 4.12. The van der Waals surface area contributed by atoms with Crippen LogP contribution in [0.4, 0.5) is 0 Å². The molecule has 0 aliphatic heterocycles. The molecule has 0 fully saturated rings. The monoisotopic (exact) mass is 100 g/mol. The maximum Gasteiger partial charge on any atom is 0.0242 e. The molecule has 0 unspecified atom stereocenters. The molecule has 0 aromatic heterocycles. The lowest BCUT2D eigenvalue weighted by atomic mass is 10.4. The highest BCUT2D eigenvalue weighted by Gasteiger charge is 1.68. The first kappa shape index (κ1) is 6.47. The molecule has 0 aromatic rings. The van der Waals surface area contributed by atoms with Crippen LogP contribution >= 0.6 is 0 Å². The van der Waals surface area contributed by atoms with Gasteiger partial charge in [0.2, 0.25) is 0 Å². The van der Waals surface area contributed by atoms with Crippen LogP contribution in [0.15, 0.2) is 5.10 Å². The molecule has 42 valence electrons. The summed E-state index contributed by atoms with van der Waals surface area (Å²) in [6.45, 7) is 2.13. The molecule has 0 saturated heterocycles. The summed E-state index contributed by atoms with van der Waals surface area (Å²) < 4.78 is 0. The summed E-state index contributed by atoms with van der Waals surface area (Å²) in [5, 5.41) is 3.79. The molecule has 0 heterocycles. The summed E-state index contributed by atoms with van der Waals surface area (Å²) >= 11 is 0. The van der Waals surface area contributed by atoms with Gasteiger partial charge in [-0.3, -0.25) is 0 Å². The van der Waals surface area contributed by atoms with E-state index in [1.54, 1.807) is 7.05 Å². The molecule has 0 radical (unpaired) electrons. The third-order valence-corrected chi connectivity index (χ3v) is 0.638. The number of hydrogen-bond acceptors (Lipinski definition) is 2. The van der Waals surface area contributed by atoms with E-state index < -0.39 is 0 Å². The number of nitrogens with zero attached hydrogens (tertiary/aromatic N) is 1. The van der Waals surface area contributed by atoms with E-state index in [-0.39, 0.29) is 0 Å². The lowest BCUT2D eigenvalue weighted by Gasteiger charge is -1.82. The van der Waals surface area contributed by atoms with Crippen LogP contribution in [-0.2, 0) is 0 Å². The van der Waals surface area contributed by atoms with Crippen molar-refractivity contribution in [3.63, 3.8) is 0 Å². The standard InChI is InChI=1S/C5H12N2/c1-3-4-5-7-6-2/h5-6H,3-4H2,1-2H3/b7-5+. The van der Waals surface area contributed by atoms with E-state index in [4.69, 9.17) is 0 Å². The first-order valence-electron chi connectivity index (χ1n) is 2.60. The Balaban J connectivity index is 2.78. The van der Waals surface area contributed by atoms with E-state index in [1.165, 1.54) is 6.42 Å². The Morgan fingerprint density at radius 1 is 1.71 bits per heavy atom. The third-order valence-electron chi connectivity index (χ3n) is 0.638. The first-order chi connectivity index (χ1) is 3.41. The van der Waals surface area contributed by atoms with Gasteiger partial charge in [-0.2, -0.15) is 5.10 Å². The Labute approximate surface area is 44.6 Å². The van der Waals surface area contributed by atoms with Crippen molar-refractivity contribution in [2.75, 3.05) is 7.05 Å². The number of rotatable bonds is 3. The van der Waals surface area contributed by atoms with Crippen molar-refractivity contribution in [3.05, 3.63) is 0 Å². The number of hydrazone groups is 1. The molecule has 7 heavy (non-hydrogen) atoms. The van der Waals surface area contributed by atoms with Gasteiger partial charge >= 0.3 is 0 Å². The molecule has 2 nitrogen and oxygen atoms in total. The summed E-state index contributed by atoms with van der Waals surface area (Å²) in [7, 11) is 1.80. The van der Waals surface area contributed by atoms with Crippen molar-refractivity contribution in [1.82, 2.24) is 5.43 Å². The molecule has 0 aliphatic rings. The fraction of sp³-hybridized carbons (Fsp3) is 0.800. The van der Waals surface area contributed by atoms with Crippen LogP contribution in [0, 0.1) is 0 Å². The maximum absolute atomic E-state index is 3.79. The molecule has 1 N–H and O–H groups in total. The zero-order chi connectivity index (χ0) is 5.54. The normalized spacial score (nSPS) is 10.0. The van der Waals surface area contributed by atoms with Gasteiger partial charge in [-0.15, -0.1) is 0 Å². The van der Waals surface area contributed by atoms with Crippen molar-refractivity contribution in [3.8, 4) is 0 Å². The smallest absolute Gasteiger partial charge is 0.0242 e.